The van der Waals surface area contributed by atoms with Gasteiger partial charge >= 0.3 is 0 Å². The van der Waals surface area contributed by atoms with Gasteiger partial charge in [-0.1, -0.05) is 18.2 Å². The molecular weight excluding hydrogens is 469 g/mol. The maximum absolute atomic E-state index is 11.9. The number of para-hydroxylation sites is 1. The number of guanidine groups is 1. The molecule has 28 heavy (non-hydrogen) atoms. The maximum Gasteiger partial charge on any atom is 0.234 e. The summed E-state index contributed by atoms with van der Waals surface area (Å²) in [6.07, 6.45) is 2.30. The Balaban J connectivity index is 0.00000280. The van der Waals surface area contributed by atoms with E-state index in [1.54, 1.807) is 7.05 Å². The number of nitrogens with one attached hydrogen (secondary N) is 2. The molecule has 2 N–H and O–H groups in total. The van der Waals surface area contributed by atoms with E-state index >= 15 is 0 Å². The monoisotopic (exact) mass is 501 g/mol. The molecule has 0 radical (unpaired) electrons. The number of nitrogens with zero attached hydrogens (tertiary/aromatic N) is 3. The highest BCUT2D eigenvalue weighted by Gasteiger charge is 2.26. The molecule has 3 rings (SSSR count). The van der Waals surface area contributed by atoms with E-state index in [0.29, 0.717) is 19.1 Å². The predicted molar refractivity (Wildman–Crippen MR) is 122 cm³/mol. The van der Waals surface area contributed by atoms with Gasteiger partial charge in [-0.25, -0.2) is 0 Å². The quantitative estimate of drug-likeness (QED) is 0.337. The van der Waals surface area contributed by atoms with Gasteiger partial charge in [0.1, 0.15) is 11.9 Å². The fraction of sp³-hybridized carbons (Fsp3) is 0.600. The third-order valence-electron chi connectivity index (χ3n) is 4.82. The molecule has 1 aliphatic heterocycles. The van der Waals surface area contributed by atoms with E-state index in [0.717, 1.165) is 50.7 Å². The van der Waals surface area contributed by atoms with Crippen molar-refractivity contribution in [2.75, 3.05) is 46.3 Å². The van der Waals surface area contributed by atoms with E-state index in [4.69, 9.17) is 4.74 Å². The highest BCUT2D eigenvalue weighted by molar-refractivity contribution is 14.0. The molecule has 0 aromatic heterocycles. The highest BCUT2D eigenvalue weighted by Crippen LogP contribution is 2.18. The summed E-state index contributed by atoms with van der Waals surface area (Å²) < 4.78 is 5.91. The number of benzene rings is 1. The van der Waals surface area contributed by atoms with Gasteiger partial charge in [0.2, 0.25) is 5.91 Å². The summed E-state index contributed by atoms with van der Waals surface area (Å²) in [5, 5.41) is 6.46. The molecule has 2 fully saturated rings. The van der Waals surface area contributed by atoms with Gasteiger partial charge in [-0.05, 0) is 31.9 Å². The lowest BCUT2D eigenvalue weighted by Gasteiger charge is -2.36. The number of carbonyl (C=O) groups excluding carboxylic acids is 1. The van der Waals surface area contributed by atoms with Gasteiger partial charge in [0.25, 0.3) is 0 Å². The molecule has 1 unspecified atom stereocenters. The van der Waals surface area contributed by atoms with Crippen molar-refractivity contribution in [2.24, 2.45) is 4.99 Å². The van der Waals surface area contributed by atoms with Crippen LogP contribution >= 0.6 is 24.0 Å². The van der Waals surface area contributed by atoms with Crippen LogP contribution in [0.2, 0.25) is 0 Å². The Kier molecular flexibility index (Phi) is 9.30. The number of hydrogen-bond donors (Lipinski definition) is 2. The standard InChI is InChI=1S/C20H31N5O2.HI/c1-16(27-18-6-4-3-5-7-18)14-22-20(21-2)25-12-10-24(11-13-25)15-19(26)23-17-8-9-17;/h3-7,16-17H,8-15H2,1-2H3,(H,21,22)(H,23,26);1H. The highest BCUT2D eigenvalue weighted by atomic mass is 127. The van der Waals surface area contributed by atoms with Gasteiger partial charge in [-0.15, -0.1) is 24.0 Å². The fourth-order valence-electron chi connectivity index (χ4n) is 3.16. The number of carbonyl (C=O) groups is 1. The van der Waals surface area contributed by atoms with Gasteiger partial charge in [-0.2, -0.15) is 0 Å². The van der Waals surface area contributed by atoms with Crippen LogP contribution in [-0.4, -0.2) is 80.1 Å². The largest absolute Gasteiger partial charge is 0.489 e. The molecule has 156 valence electrons. The van der Waals surface area contributed by atoms with Gasteiger partial charge in [-0.3, -0.25) is 14.7 Å². The zero-order valence-corrected chi connectivity index (χ0v) is 19.1. The molecular formula is C20H32IN5O2. The number of aliphatic imine (C=N–C) groups is 1. The zero-order chi connectivity index (χ0) is 19.1. The van der Waals surface area contributed by atoms with E-state index in [2.05, 4.69) is 25.4 Å². The van der Waals surface area contributed by atoms with Gasteiger partial charge in [0, 0.05) is 39.3 Å². The molecule has 1 aromatic rings. The lowest BCUT2D eigenvalue weighted by molar-refractivity contribution is -0.122. The van der Waals surface area contributed by atoms with E-state index in [1.165, 1.54) is 0 Å². The first-order valence-corrected chi connectivity index (χ1v) is 9.83. The SMILES string of the molecule is CN=C(NCC(C)Oc1ccccc1)N1CCN(CC(=O)NC2CC2)CC1.I. The summed E-state index contributed by atoms with van der Waals surface area (Å²) in [6.45, 7) is 6.70. The number of hydrogen-bond acceptors (Lipinski definition) is 4. The third-order valence-corrected chi connectivity index (χ3v) is 4.82. The van der Waals surface area contributed by atoms with Crippen LogP contribution in [0, 0.1) is 0 Å². The van der Waals surface area contributed by atoms with Crippen LogP contribution in [0.15, 0.2) is 35.3 Å². The molecule has 8 heteroatoms. The van der Waals surface area contributed by atoms with Crippen molar-refractivity contribution < 1.29 is 9.53 Å². The lowest BCUT2D eigenvalue weighted by Crippen LogP contribution is -2.54. The Morgan fingerprint density at radius 3 is 2.50 bits per heavy atom. The first kappa shape index (κ1) is 22.7. The van der Waals surface area contributed by atoms with Crippen molar-refractivity contribution in [1.82, 2.24) is 20.4 Å². The summed E-state index contributed by atoms with van der Waals surface area (Å²) in [7, 11) is 1.81. The Hall–Kier alpha value is -1.55. The topological polar surface area (TPSA) is 69.2 Å². The van der Waals surface area contributed by atoms with Crippen LogP contribution in [-0.2, 0) is 4.79 Å². The molecule has 1 aliphatic carbocycles. The van der Waals surface area contributed by atoms with Crippen molar-refractivity contribution in [1.29, 1.82) is 0 Å². The van der Waals surface area contributed by atoms with Crippen LogP contribution in [0.3, 0.4) is 0 Å². The van der Waals surface area contributed by atoms with Crippen molar-refractivity contribution >= 4 is 35.8 Å². The zero-order valence-electron chi connectivity index (χ0n) is 16.8. The molecule has 2 aliphatic rings. The summed E-state index contributed by atoms with van der Waals surface area (Å²) in [5.74, 6) is 1.92. The van der Waals surface area contributed by atoms with Crippen molar-refractivity contribution in [2.45, 2.75) is 31.9 Å². The molecule has 1 aromatic carbocycles. The van der Waals surface area contributed by atoms with E-state index in [1.807, 2.05) is 37.3 Å². The lowest BCUT2D eigenvalue weighted by atomic mass is 10.3. The van der Waals surface area contributed by atoms with Gasteiger partial charge in [0.05, 0.1) is 13.1 Å². The first-order valence-electron chi connectivity index (χ1n) is 9.83. The molecule has 1 amide bonds. The van der Waals surface area contributed by atoms with Crippen molar-refractivity contribution in [3.8, 4) is 5.75 Å². The smallest absolute Gasteiger partial charge is 0.234 e. The Labute approximate surface area is 184 Å². The molecule has 1 atom stereocenters. The van der Waals surface area contributed by atoms with Crippen molar-refractivity contribution in [3.05, 3.63) is 30.3 Å². The summed E-state index contributed by atoms with van der Waals surface area (Å²) in [5.41, 5.74) is 0. The van der Waals surface area contributed by atoms with E-state index < -0.39 is 0 Å². The van der Waals surface area contributed by atoms with Crippen LogP contribution in [0.5, 0.6) is 5.75 Å². The van der Waals surface area contributed by atoms with E-state index in [9.17, 15) is 4.79 Å². The Morgan fingerprint density at radius 2 is 1.89 bits per heavy atom. The second kappa shape index (κ2) is 11.5. The molecule has 1 saturated carbocycles. The first-order chi connectivity index (χ1) is 13.1. The second-order valence-electron chi connectivity index (χ2n) is 7.27. The van der Waals surface area contributed by atoms with Crippen LogP contribution in [0.1, 0.15) is 19.8 Å². The number of ether oxygens (including phenoxy) is 1. The third kappa shape index (κ3) is 7.46. The van der Waals surface area contributed by atoms with Gasteiger partial charge in [0.15, 0.2) is 5.96 Å². The number of rotatable bonds is 7. The minimum absolute atomic E-state index is 0. The van der Waals surface area contributed by atoms with Gasteiger partial charge < -0.3 is 20.3 Å². The summed E-state index contributed by atoms with van der Waals surface area (Å²) in [6, 6.07) is 10.3. The maximum atomic E-state index is 11.9. The van der Waals surface area contributed by atoms with Crippen LogP contribution in [0.25, 0.3) is 0 Å². The minimum Gasteiger partial charge on any atom is -0.489 e. The fourth-order valence-corrected chi connectivity index (χ4v) is 3.16. The summed E-state index contributed by atoms with van der Waals surface area (Å²) >= 11 is 0. The molecule has 7 nitrogen and oxygen atoms in total. The molecule has 1 heterocycles. The molecule has 0 bridgehead atoms. The van der Waals surface area contributed by atoms with E-state index in [-0.39, 0.29) is 36.0 Å². The Bertz CT molecular complexity index is 631. The minimum atomic E-state index is 0. The average molecular weight is 501 g/mol. The van der Waals surface area contributed by atoms with Crippen molar-refractivity contribution in [3.63, 3.8) is 0 Å². The predicted octanol–water partition coefficient (Wildman–Crippen LogP) is 1.54. The summed E-state index contributed by atoms with van der Waals surface area (Å²) in [4.78, 5) is 20.8. The average Bonchev–Trinajstić information content (AvgIpc) is 3.48. The second-order valence-corrected chi connectivity index (χ2v) is 7.27. The number of amides is 1. The van der Waals surface area contributed by atoms with Crippen LogP contribution < -0.4 is 15.4 Å². The molecule has 0 spiro atoms. The van der Waals surface area contributed by atoms with Crippen LogP contribution in [0.4, 0.5) is 0 Å². The molecule has 1 saturated heterocycles. The number of piperazine rings is 1. The number of halogens is 1. The Morgan fingerprint density at radius 1 is 1.21 bits per heavy atom. The normalized spacial score (nSPS) is 18.8.